The van der Waals surface area contributed by atoms with E-state index >= 15 is 0 Å². The van der Waals surface area contributed by atoms with Crippen molar-refractivity contribution in [3.63, 3.8) is 0 Å². The minimum Gasteiger partial charge on any atom is -0.371 e. The number of aromatic nitrogens is 1. The Kier molecular flexibility index (Phi) is 2.93. The first-order valence-corrected chi connectivity index (χ1v) is 5.73. The lowest BCUT2D eigenvalue weighted by atomic mass is 10.1. The van der Waals surface area contributed by atoms with E-state index in [1.54, 1.807) is 6.92 Å². The SMILES string of the molecule is CC(=O)c1csc(C2CCCCO2)n1. The van der Waals surface area contributed by atoms with Crippen LogP contribution in [0.3, 0.4) is 0 Å². The van der Waals surface area contributed by atoms with Gasteiger partial charge >= 0.3 is 0 Å². The Morgan fingerprint density at radius 1 is 1.64 bits per heavy atom. The largest absolute Gasteiger partial charge is 0.371 e. The predicted octanol–water partition coefficient (Wildman–Crippen LogP) is 2.59. The molecule has 2 heterocycles. The Labute approximate surface area is 87.1 Å². The van der Waals surface area contributed by atoms with Gasteiger partial charge in [0.25, 0.3) is 0 Å². The monoisotopic (exact) mass is 211 g/mol. The average Bonchev–Trinajstić information content (AvgIpc) is 2.68. The highest BCUT2D eigenvalue weighted by Crippen LogP contribution is 2.29. The maximum atomic E-state index is 11.0. The van der Waals surface area contributed by atoms with Crippen LogP contribution in [0, 0.1) is 0 Å². The third-order valence-corrected chi connectivity index (χ3v) is 3.27. The van der Waals surface area contributed by atoms with E-state index in [2.05, 4.69) is 4.98 Å². The summed E-state index contributed by atoms with van der Waals surface area (Å²) in [6.07, 6.45) is 3.49. The highest BCUT2D eigenvalue weighted by Gasteiger charge is 2.19. The first kappa shape index (κ1) is 9.80. The van der Waals surface area contributed by atoms with Gasteiger partial charge in [-0.1, -0.05) is 0 Å². The minimum absolute atomic E-state index is 0.0308. The van der Waals surface area contributed by atoms with Crippen molar-refractivity contribution >= 4 is 17.1 Å². The molecule has 0 bridgehead atoms. The lowest BCUT2D eigenvalue weighted by Gasteiger charge is -2.20. The standard InChI is InChI=1S/C10H13NO2S/c1-7(12)8-6-14-10(11-8)9-4-2-3-5-13-9/h6,9H,2-5H2,1H3. The van der Waals surface area contributed by atoms with Gasteiger partial charge in [0.1, 0.15) is 16.8 Å². The molecule has 1 aromatic heterocycles. The lowest BCUT2D eigenvalue weighted by Crippen LogP contribution is -2.11. The Morgan fingerprint density at radius 2 is 2.50 bits per heavy atom. The Hall–Kier alpha value is -0.740. The van der Waals surface area contributed by atoms with Crippen molar-refractivity contribution in [3.05, 3.63) is 16.1 Å². The number of ketones is 1. The van der Waals surface area contributed by atoms with Crippen molar-refractivity contribution in [1.29, 1.82) is 0 Å². The molecule has 0 N–H and O–H groups in total. The van der Waals surface area contributed by atoms with Crippen LogP contribution in [0.15, 0.2) is 5.38 Å². The second-order valence-corrected chi connectivity index (χ2v) is 4.37. The van der Waals surface area contributed by atoms with Crippen LogP contribution < -0.4 is 0 Å². The van der Waals surface area contributed by atoms with Crippen molar-refractivity contribution in [2.24, 2.45) is 0 Å². The predicted molar refractivity (Wildman–Crippen MR) is 54.7 cm³/mol. The van der Waals surface area contributed by atoms with Crippen LogP contribution in [-0.4, -0.2) is 17.4 Å². The van der Waals surface area contributed by atoms with Gasteiger partial charge in [-0.3, -0.25) is 4.79 Å². The van der Waals surface area contributed by atoms with Gasteiger partial charge in [-0.25, -0.2) is 4.98 Å². The summed E-state index contributed by atoms with van der Waals surface area (Å²) in [7, 11) is 0. The fourth-order valence-electron chi connectivity index (χ4n) is 1.53. The lowest BCUT2D eigenvalue weighted by molar-refractivity contribution is 0.0148. The summed E-state index contributed by atoms with van der Waals surface area (Å²) < 4.78 is 5.59. The van der Waals surface area contributed by atoms with Crippen LogP contribution in [0.4, 0.5) is 0 Å². The van der Waals surface area contributed by atoms with Crippen LogP contribution in [0.1, 0.15) is 47.8 Å². The van der Waals surface area contributed by atoms with Gasteiger partial charge in [0, 0.05) is 18.9 Å². The highest BCUT2D eigenvalue weighted by atomic mass is 32.1. The van der Waals surface area contributed by atoms with Gasteiger partial charge in [0.05, 0.1) is 0 Å². The second-order valence-electron chi connectivity index (χ2n) is 3.48. The number of rotatable bonds is 2. The number of hydrogen-bond acceptors (Lipinski definition) is 4. The zero-order valence-corrected chi connectivity index (χ0v) is 8.97. The van der Waals surface area contributed by atoms with E-state index in [1.807, 2.05) is 5.38 Å². The normalized spacial score (nSPS) is 22.2. The number of thiazole rings is 1. The summed E-state index contributed by atoms with van der Waals surface area (Å²) in [4.78, 5) is 15.3. The van der Waals surface area contributed by atoms with Gasteiger partial charge < -0.3 is 4.74 Å². The molecule has 14 heavy (non-hydrogen) atoms. The molecule has 0 aromatic carbocycles. The van der Waals surface area contributed by atoms with Gasteiger partial charge in [-0.2, -0.15) is 0 Å². The van der Waals surface area contributed by atoms with Gasteiger partial charge in [-0.15, -0.1) is 11.3 Å². The number of Topliss-reactive ketones (excluding diaryl/α,β-unsaturated/α-hetero) is 1. The fraction of sp³-hybridized carbons (Fsp3) is 0.600. The molecule has 1 aromatic rings. The third kappa shape index (κ3) is 2.01. The number of carbonyl (C=O) groups is 1. The van der Waals surface area contributed by atoms with Gasteiger partial charge in [-0.05, 0) is 19.3 Å². The molecular formula is C10H13NO2S. The fourth-order valence-corrected chi connectivity index (χ4v) is 2.47. The summed E-state index contributed by atoms with van der Waals surface area (Å²) in [5.74, 6) is 0.0308. The van der Waals surface area contributed by atoms with E-state index in [0.29, 0.717) is 5.69 Å². The summed E-state index contributed by atoms with van der Waals surface area (Å²) in [6, 6.07) is 0. The number of carbonyl (C=O) groups excluding carboxylic acids is 1. The zero-order chi connectivity index (χ0) is 9.97. The molecule has 0 saturated carbocycles. The Morgan fingerprint density at radius 3 is 3.07 bits per heavy atom. The van der Waals surface area contributed by atoms with Crippen molar-refractivity contribution < 1.29 is 9.53 Å². The van der Waals surface area contributed by atoms with Crippen LogP contribution in [0.25, 0.3) is 0 Å². The summed E-state index contributed by atoms with van der Waals surface area (Å²) in [5, 5.41) is 2.77. The number of nitrogens with zero attached hydrogens (tertiary/aromatic N) is 1. The van der Waals surface area contributed by atoms with Crippen LogP contribution in [-0.2, 0) is 4.74 Å². The smallest absolute Gasteiger partial charge is 0.178 e. The molecule has 1 atom stereocenters. The van der Waals surface area contributed by atoms with E-state index in [9.17, 15) is 4.79 Å². The first-order valence-electron chi connectivity index (χ1n) is 4.85. The Bertz CT molecular complexity index is 329. The second kappa shape index (κ2) is 4.19. The molecule has 1 fully saturated rings. The molecule has 3 nitrogen and oxygen atoms in total. The van der Waals surface area contributed by atoms with Crippen LogP contribution in [0.5, 0.6) is 0 Å². The quantitative estimate of drug-likeness (QED) is 0.706. The van der Waals surface area contributed by atoms with Crippen molar-refractivity contribution in [1.82, 2.24) is 4.98 Å². The van der Waals surface area contributed by atoms with E-state index in [-0.39, 0.29) is 11.9 Å². The highest BCUT2D eigenvalue weighted by molar-refractivity contribution is 7.09. The first-order chi connectivity index (χ1) is 6.77. The summed E-state index contributed by atoms with van der Waals surface area (Å²) in [6.45, 7) is 2.36. The van der Waals surface area contributed by atoms with Crippen molar-refractivity contribution in [2.45, 2.75) is 32.3 Å². The molecule has 0 radical (unpaired) electrons. The topological polar surface area (TPSA) is 39.2 Å². The van der Waals surface area contributed by atoms with Crippen LogP contribution >= 0.6 is 11.3 Å². The molecule has 2 rings (SSSR count). The molecule has 1 aliphatic rings. The minimum atomic E-state index is 0.0308. The van der Waals surface area contributed by atoms with E-state index in [0.717, 1.165) is 24.5 Å². The molecular weight excluding hydrogens is 198 g/mol. The summed E-state index contributed by atoms with van der Waals surface area (Å²) >= 11 is 1.53. The van der Waals surface area contributed by atoms with Crippen molar-refractivity contribution in [2.75, 3.05) is 6.61 Å². The molecule has 4 heteroatoms. The average molecular weight is 211 g/mol. The molecule has 0 aliphatic carbocycles. The Balaban J connectivity index is 2.11. The molecule has 0 amide bonds. The molecule has 0 spiro atoms. The number of hydrogen-bond donors (Lipinski definition) is 0. The van der Waals surface area contributed by atoms with E-state index in [1.165, 1.54) is 17.8 Å². The van der Waals surface area contributed by atoms with Gasteiger partial charge in [0.2, 0.25) is 0 Å². The molecule has 1 saturated heterocycles. The van der Waals surface area contributed by atoms with Gasteiger partial charge in [0.15, 0.2) is 5.78 Å². The van der Waals surface area contributed by atoms with Crippen molar-refractivity contribution in [3.8, 4) is 0 Å². The zero-order valence-electron chi connectivity index (χ0n) is 8.16. The maximum Gasteiger partial charge on any atom is 0.178 e. The molecule has 1 aliphatic heterocycles. The maximum absolute atomic E-state index is 11.0. The molecule has 76 valence electrons. The summed E-state index contributed by atoms with van der Waals surface area (Å²) in [5.41, 5.74) is 0.569. The number of ether oxygens (including phenoxy) is 1. The molecule has 1 unspecified atom stereocenters. The van der Waals surface area contributed by atoms with Crippen LogP contribution in [0.2, 0.25) is 0 Å². The third-order valence-electron chi connectivity index (χ3n) is 2.34. The van der Waals surface area contributed by atoms with E-state index in [4.69, 9.17) is 4.74 Å². The van der Waals surface area contributed by atoms with E-state index < -0.39 is 0 Å².